The van der Waals surface area contributed by atoms with E-state index in [4.69, 9.17) is 5.73 Å². The normalized spacial score (nSPS) is 20.0. The van der Waals surface area contributed by atoms with E-state index >= 15 is 0 Å². The second kappa shape index (κ2) is 9.25. The van der Waals surface area contributed by atoms with Crippen LogP contribution >= 0.6 is 0 Å². The molecule has 0 radical (unpaired) electrons. The third-order valence-corrected chi connectivity index (χ3v) is 5.08. The molecule has 0 atom stereocenters. The van der Waals surface area contributed by atoms with Crippen LogP contribution in [0.25, 0.3) is 0 Å². The fourth-order valence-corrected chi connectivity index (χ4v) is 3.66. The van der Waals surface area contributed by atoms with Crippen LogP contribution in [0.1, 0.15) is 82.6 Å². The van der Waals surface area contributed by atoms with E-state index in [2.05, 4.69) is 30.3 Å². The zero-order valence-corrected chi connectivity index (χ0v) is 13.7. The van der Waals surface area contributed by atoms with E-state index in [1.165, 1.54) is 89.0 Å². The number of hydrogen-bond acceptors (Lipinski definition) is 1. The van der Waals surface area contributed by atoms with Gasteiger partial charge in [-0.05, 0) is 37.7 Å². The smallest absolute Gasteiger partial charge is 0.0154 e. The second-order valence-electron chi connectivity index (χ2n) is 7.03. The van der Waals surface area contributed by atoms with E-state index in [1.807, 2.05) is 0 Å². The molecule has 0 amide bonds. The summed E-state index contributed by atoms with van der Waals surface area (Å²) in [6.07, 6.45) is 17.2. The average Bonchev–Trinajstić information content (AvgIpc) is 2.52. The second-order valence-corrected chi connectivity index (χ2v) is 7.03. The van der Waals surface area contributed by atoms with E-state index < -0.39 is 0 Å². The van der Waals surface area contributed by atoms with Gasteiger partial charge in [-0.3, -0.25) is 0 Å². The summed E-state index contributed by atoms with van der Waals surface area (Å²) in [7, 11) is 0. The Hall–Kier alpha value is -0.820. The molecule has 0 spiro atoms. The summed E-state index contributed by atoms with van der Waals surface area (Å²) >= 11 is 0. The minimum atomic E-state index is 0.133. The average molecular weight is 287 g/mol. The summed E-state index contributed by atoms with van der Waals surface area (Å²) in [6.45, 7) is 0. The lowest BCUT2D eigenvalue weighted by Gasteiger charge is -2.30. The molecule has 2 N–H and O–H groups in total. The van der Waals surface area contributed by atoms with Gasteiger partial charge in [0.25, 0.3) is 0 Å². The van der Waals surface area contributed by atoms with Crippen molar-refractivity contribution in [3.8, 4) is 0 Å². The largest absolute Gasteiger partial charge is 0.325 e. The molecule has 21 heavy (non-hydrogen) atoms. The highest BCUT2D eigenvalue weighted by Crippen LogP contribution is 2.27. The number of unbranched alkanes of at least 4 members (excludes halogenated alkanes) is 1. The summed E-state index contributed by atoms with van der Waals surface area (Å²) in [5.41, 5.74) is 8.33. The topological polar surface area (TPSA) is 26.0 Å². The van der Waals surface area contributed by atoms with Crippen molar-refractivity contribution >= 4 is 0 Å². The highest BCUT2D eigenvalue weighted by molar-refractivity contribution is 5.14. The molecular weight excluding hydrogens is 254 g/mol. The van der Waals surface area contributed by atoms with Gasteiger partial charge < -0.3 is 5.73 Å². The van der Waals surface area contributed by atoms with Gasteiger partial charge in [-0.15, -0.1) is 0 Å². The Morgan fingerprint density at radius 2 is 1.33 bits per heavy atom. The number of aryl methyl sites for hydroxylation is 1. The predicted octanol–water partition coefficient (Wildman–Crippen LogP) is 5.62. The van der Waals surface area contributed by atoms with Crippen molar-refractivity contribution < 1.29 is 0 Å². The quantitative estimate of drug-likeness (QED) is 0.699. The van der Waals surface area contributed by atoms with E-state index in [9.17, 15) is 0 Å². The number of nitrogens with two attached hydrogens (primary N) is 1. The van der Waals surface area contributed by atoms with Crippen LogP contribution in [-0.2, 0) is 6.42 Å². The fourth-order valence-electron chi connectivity index (χ4n) is 3.66. The Morgan fingerprint density at radius 1 is 0.762 bits per heavy atom. The molecule has 0 unspecified atom stereocenters. The summed E-state index contributed by atoms with van der Waals surface area (Å²) < 4.78 is 0. The first-order valence-corrected chi connectivity index (χ1v) is 9.11. The Kier molecular flexibility index (Phi) is 7.29. The monoisotopic (exact) mass is 287 g/mol. The molecule has 1 aromatic rings. The SMILES string of the molecule is NC1(CCCCc2ccccc2)CCCCCCCCC1. The van der Waals surface area contributed by atoms with E-state index in [0.717, 1.165) is 0 Å². The first-order chi connectivity index (χ1) is 10.3. The number of hydrogen-bond donors (Lipinski definition) is 1. The standard InChI is InChI=1S/C20H33N/c21-20(16-10-4-2-1-3-5-11-17-20)18-12-9-15-19-13-7-6-8-14-19/h6-8,13-14H,1-5,9-12,15-18,21H2. The van der Waals surface area contributed by atoms with Crippen LogP contribution in [0.5, 0.6) is 0 Å². The Labute approximate surface area is 131 Å². The highest BCUT2D eigenvalue weighted by Gasteiger charge is 2.23. The van der Waals surface area contributed by atoms with Gasteiger partial charge in [0.1, 0.15) is 0 Å². The molecule has 118 valence electrons. The van der Waals surface area contributed by atoms with Gasteiger partial charge in [-0.2, -0.15) is 0 Å². The lowest BCUT2D eigenvalue weighted by Crippen LogP contribution is -2.39. The molecule has 1 fully saturated rings. The van der Waals surface area contributed by atoms with Crippen molar-refractivity contribution in [2.45, 2.75) is 89.0 Å². The minimum Gasteiger partial charge on any atom is -0.325 e. The van der Waals surface area contributed by atoms with Crippen LogP contribution in [0.3, 0.4) is 0 Å². The van der Waals surface area contributed by atoms with Gasteiger partial charge in [0.2, 0.25) is 0 Å². The molecular formula is C20H33N. The van der Waals surface area contributed by atoms with E-state index in [-0.39, 0.29) is 5.54 Å². The Balaban J connectivity index is 1.70. The van der Waals surface area contributed by atoms with Crippen LogP contribution in [-0.4, -0.2) is 5.54 Å². The first-order valence-electron chi connectivity index (χ1n) is 9.11. The molecule has 0 aliphatic heterocycles. The molecule has 0 saturated heterocycles. The summed E-state index contributed by atoms with van der Waals surface area (Å²) in [6, 6.07) is 10.9. The molecule has 0 bridgehead atoms. The summed E-state index contributed by atoms with van der Waals surface area (Å²) in [5.74, 6) is 0. The maximum atomic E-state index is 6.73. The van der Waals surface area contributed by atoms with Crippen molar-refractivity contribution in [2.75, 3.05) is 0 Å². The van der Waals surface area contributed by atoms with Crippen molar-refractivity contribution in [3.63, 3.8) is 0 Å². The molecule has 1 aromatic carbocycles. The highest BCUT2D eigenvalue weighted by atomic mass is 14.7. The van der Waals surface area contributed by atoms with Gasteiger partial charge in [-0.1, -0.05) is 81.7 Å². The Morgan fingerprint density at radius 3 is 1.95 bits per heavy atom. The summed E-state index contributed by atoms with van der Waals surface area (Å²) in [4.78, 5) is 0. The molecule has 0 aromatic heterocycles. The van der Waals surface area contributed by atoms with Gasteiger partial charge in [0.05, 0.1) is 0 Å². The van der Waals surface area contributed by atoms with E-state index in [0.29, 0.717) is 0 Å². The van der Waals surface area contributed by atoms with Crippen LogP contribution in [0.2, 0.25) is 0 Å². The zero-order chi connectivity index (χ0) is 14.8. The van der Waals surface area contributed by atoms with Crippen molar-refractivity contribution in [3.05, 3.63) is 35.9 Å². The Bertz CT molecular complexity index is 361. The van der Waals surface area contributed by atoms with Crippen molar-refractivity contribution in [1.29, 1.82) is 0 Å². The van der Waals surface area contributed by atoms with Crippen LogP contribution in [0, 0.1) is 0 Å². The molecule has 1 nitrogen and oxygen atoms in total. The molecule has 0 heterocycles. The van der Waals surface area contributed by atoms with Crippen LogP contribution in [0.4, 0.5) is 0 Å². The third-order valence-electron chi connectivity index (χ3n) is 5.08. The maximum Gasteiger partial charge on any atom is 0.0154 e. The number of benzene rings is 1. The molecule has 1 saturated carbocycles. The minimum absolute atomic E-state index is 0.133. The van der Waals surface area contributed by atoms with Crippen molar-refractivity contribution in [1.82, 2.24) is 0 Å². The number of rotatable bonds is 5. The zero-order valence-electron chi connectivity index (χ0n) is 13.7. The molecule has 1 aliphatic carbocycles. The maximum absolute atomic E-state index is 6.73. The third kappa shape index (κ3) is 6.65. The van der Waals surface area contributed by atoms with Crippen molar-refractivity contribution in [2.24, 2.45) is 5.73 Å². The van der Waals surface area contributed by atoms with E-state index in [1.54, 1.807) is 0 Å². The molecule has 1 heteroatoms. The lowest BCUT2D eigenvalue weighted by molar-refractivity contribution is 0.298. The van der Waals surface area contributed by atoms with Gasteiger partial charge in [-0.25, -0.2) is 0 Å². The molecule has 1 aliphatic rings. The van der Waals surface area contributed by atoms with Gasteiger partial charge >= 0.3 is 0 Å². The van der Waals surface area contributed by atoms with Gasteiger partial charge in [0, 0.05) is 5.54 Å². The molecule has 2 rings (SSSR count). The van der Waals surface area contributed by atoms with Crippen LogP contribution in [0.15, 0.2) is 30.3 Å². The first kappa shape index (κ1) is 16.5. The predicted molar refractivity (Wildman–Crippen MR) is 92.5 cm³/mol. The van der Waals surface area contributed by atoms with Crippen LogP contribution < -0.4 is 5.73 Å². The lowest BCUT2D eigenvalue weighted by atomic mass is 9.82. The van der Waals surface area contributed by atoms with Gasteiger partial charge in [0.15, 0.2) is 0 Å². The summed E-state index contributed by atoms with van der Waals surface area (Å²) in [5, 5.41) is 0. The fraction of sp³-hybridized carbons (Fsp3) is 0.700.